The van der Waals surface area contributed by atoms with E-state index in [1.165, 1.54) is 12.1 Å². The van der Waals surface area contributed by atoms with Crippen LogP contribution in [0.1, 0.15) is 64.1 Å². The van der Waals surface area contributed by atoms with Crippen molar-refractivity contribution in [3.8, 4) is 0 Å². The van der Waals surface area contributed by atoms with Crippen molar-refractivity contribution in [1.29, 1.82) is 0 Å². The molecule has 0 aliphatic heterocycles. The van der Waals surface area contributed by atoms with Gasteiger partial charge in [0.05, 0.1) is 12.1 Å². The molecule has 3 N–H and O–H groups in total. The summed E-state index contributed by atoms with van der Waals surface area (Å²) in [6.45, 7) is 7.71. The van der Waals surface area contributed by atoms with Crippen LogP contribution in [-0.2, 0) is 13.0 Å². The molecule has 0 aromatic heterocycles. The number of aryl methyl sites for hydroxylation is 1. The third-order valence-electron chi connectivity index (χ3n) is 6.55. The van der Waals surface area contributed by atoms with Gasteiger partial charge in [-0.25, -0.2) is 8.78 Å². The van der Waals surface area contributed by atoms with Gasteiger partial charge in [-0.1, -0.05) is 44.2 Å². The van der Waals surface area contributed by atoms with Gasteiger partial charge in [-0.05, 0) is 73.2 Å². The Morgan fingerprint density at radius 1 is 0.875 bits per heavy atom. The molecule has 8 heteroatoms. The van der Waals surface area contributed by atoms with Gasteiger partial charge in [0.15, 0.2) is 0 Å². The van der Waals surface area contributed by atoms with Crippen LogP contribution in [0.15, 0.2) is 66.7 Å². The summed E-state index contributed by atoms with van der Waals surface area (Å²) in [6, 6.07) is 16.9. The molecule has 214 valence electrons. The van der Waals surface area contributed by atoms with Crippen molar-refractivity contribution in [1.82, 2.24) is 15.5 Å². The Morgan fingerprint density at radius 2 is 1.50 bits per heavy atom. The summed E-state index contributed by atoms with van der Waals surface area (Å²) in [5, 5.41) is 17.1. The van der Waals surface area contributed by atoms with Crippen molar-refractivity contribution in [2.45, 2.75) is 58.7 Å². The molecule has 6 nitrogen and oxygen atoms in total. The first-order valence-electron chi connectivity index (χ1n) is 13.8. The number of carbonyl (C=O) groups is 2. The molecule has 3 rings (SSSR count). The fraction of sp³-hybridized carbons (Fsp3) is 0.375. The number of nitrogens with zero attached hydrogens (tertiary/aromatic N) is 1. The van der Waals surface area contributed by atoms with Crippen LogP contribution in [0, 0.1) is 18.6 Å². The molecule has 0 heterocycles. The van der Waals surface area contributed by atoms with Crippen molar-refractivity contribution in [3.63, 3.8) is 0 Å². The van der Waals surface area contributed by atoms with Gasteiger partial charge in [-0.15, -0.1) is 0 Å². The number of aliphatic hydroxyl groups excluding tert-OH is 1. The second-order valence-electron chi connectivity index (χ2n) is 10.1. The van der Waals surface area contributed by atoms with E-state index in [2.05, 4.69) is 10.6 Å². The number of halogens is 2. The second-order valence-corrected chi connectivity index (χ2v) is 10.1. The van der Waals surface area contributed by atoms with Crippen LogP contribution in [0.25, 0.3) is 0 Å². The molecule has 40 heavy (non-hydrogen) atoms. The highest BCUT2D eigenvalue weighted by atomic mass is 19.1. The minimum absolute atomic E-state index is 0.00693. The van der Waals surface area contributed by atoms with Crippen LogP contribution < -0.4 is 10.6 Å². The predicted octanol–water partition coefficient (Wildman–Crippen LogP) is 5.03. The number of benzene rings is 3. The molecule has 0 fully saturated rings. The number of aliphatic hydroxyl groups is 1. The van der Waals surface area contributed by atoms with E-state index in [4.69, 9.17) is 0 Å². The summed E-state index contributed by atoms with van der Waals surface area (Å²) in [7, 11) is 0. The lowest BCUT2D eigenvalue weighted by Gasteiger charge is -2.25. The molecule has 0 aliphatic rings. The highest BCUT2D eigenvalue weighted by Crippen LogP contribution is 2.16. The highest BCUT2D eigenvalue weighted by molar-refractivity contribution is 6.00. The quantitative estimate of drug-likeness (QED) is 0.263. The maximum absolute atomic E-state index is 13.9. The molecule has 2 atom stereocenters. The van der Waals surface area contributed by atoms with Gasteiger partial charge in [0.1, 0.15) is 11.6 Å². The number of amides is 2. The largest absolute Gasteiger partial charge is 0.390 e. The van der Waals surface area contributed by atoms with Crippen LogP contribution in [0.3, 0.4) is 0 Å². The van der Waals surface area contributed by atoms with E-state index < -0.39 is 29.7 Å². The number of nitrogens with one attached hydrogen (secondary N) is 2. The van der Waals surface area contributed by atoms with Crippen molar-refractivity contribution in [2.75, 3.05) is 19.6 Å². The molecule has 0 radical (unpaired) electrons. The zero-order valence-electron chi connectivity index (χ0n) is 23.4. The fourth-order valence-corrected chi connectivity index (χ4v) is 4.70. The first-order chi connectivity index (χ1) is 19.2. The van der Waals surface area contributed by atoms with Crippen molar-refractivity contribution in [3.05, 3.63) is 106 Å². The normalized spacial score (nSPS) is 12.6. The summed E-state index contributed by atoms with van der Waals surface area (Å²) < 4.78 is 27.8. The minimum atomic E-state index is -1.06. The van der Waals surface area contributed by atoms with Crippen molar-refractivity contribution >= 4 is 11.8 Å². The Kier molecular flexibility index (Phi) is 11.8. The van der Waals surface area contributed by atoms with E-state index in [9.17, 15) is 23.5 Å². The molecule has 0 aliphatic carbocycles. The number of hydrogen-bond acceptors (Lipinski definition) is 4. The lowest BCUT2D eigenvalue weighted by Crippen LogP contribution is -2.48. The molecular formula is C32H39F2N3O3. The maximum Gasteiger partial charge on any atom is 0.253 e. The third kappa shape index (κ3) is 9.24. The van der Waals surface area contributed by atoms with Gasteiger partial charge in [-0.3, -0.25) is 9.59 Å². The van der Waals surface area contributed by atoms with Crippen LogP contribution >= 0.6 is 0 Å². The van der Waals surface area contributed by atoms with Crippen LogP contribution in [-0.4, -0.2) is 53.6 Å². The second kappa shape index (κ2) is 15.2. The summed E-state index contributed by atoms with van der Waals surface area (Å²) in [4.78, 5) is 28.4. The lowest BCUT2D eigenvalue weighted by molar-refractivity contribution is 0.0755. The molecule has 0 saturated heterocycles. The molecule has 0 unspecified atom stereocenters. The third-order valence-corrected chi connectivity index (χ3v) is 6.55. The van der Waals surface area contributed by atoms with E-state index in [0.29, 0.717) is 30.8 Å². The summed E-state index contributed by atoms with van der Waals surface area (Å²) in [6.07, 6.45) is 0.592. The van der Waals surface area contributed by atoms with Gasteiger partial charge in [0.25, 0.3) is 11.8 Å². The van der Waals surface area contributed by atoms with Gasteiger partial charge < -0.3 is 20.6 Å². The molecule has 2 amide bonds. The van der Waals surface area contributed by atoms with Crippen LogP contribution in [0.5, 0.6) is 0 Å². The molecule has 3 aromatic rings. The van der Waals surface area contributed by atoms with E-state index in [1.54, 1.807) is 23.1 Å². The van der Waals surface area contributed by atoms with E-state index >= 15 is 0 Å². The van der Waals surface area contributed by atoms with E-state index in [1.807, 2.05) is 51.1 Å². The van der Waals surface area contributed by atoms with Crippen LogP contribution in [0.2, 0.25) is 0 Å². The average molecular weight is 552 g/mol. The van der Waals surface area contributed by atoms with Gasteiger partial charge in [0.2, 0.25) is 0 Å². The number of carbonyl (C=O) groups excluding carboxylic acids is 2. The Labute approximate surface area is 235 Å². The topological polar surface area (TPSA) is 81.7 Å². The van der Waals surface area contributed by atoms with Crippen LogP contribution in [0.4, 0.5) is 8.78 Å². The fourth-order valence-electron chi connectivity index (χ4n) is 4.70. The van der Waals surface area contributed by atoms with E-state index in [0.717, 1.165) is 30.0 Å². The molecule has 3 aromatic carbocycles. The first-order valence-corrected chi connectivity index (χ1v) is 13.8. The standard InChI is InChI=1S/C32H39F2N3O3/c1-4-11-37(12-5-2)32(40)26-14-22(3)13-25(18-26)31(39)36-29(17-24-15-27(33)19-28(34)16-24)30(38)21-35-20-23-9-7-6-8-10-23/h6-10,13-16,18-19,29-30,35,38H,4-5,11-12,17,20-21H2,1-3H3,(H,36,39)/t29-,30-/m0/s1. The monoisotopic (exact) mass is 551 g/mol. The molecule has 0 spiro atoms. The highest BCUT2D eigenvalue weighted by Gasteiger charge is 2.24. The zero-order valence-corrected chi connectivity index (χ0v) is 23.4. The van der Waals surface area contributed by atoms with Crippen molar-refractivity contribution < 1.29 is 23.5 Å². The molecule has 0 bridgehead atoms. The lowest BCUT2D eigenvalue weighted by atomic mass is 9.99. The van der Waals surface area contributed by atoms with Gasteiger partial charge in [0, 0.05) is 43.4 Å². The Balaban J connectivity index is 1.80. The van der Waals surface area contributed by atoms with Crippen molar-refractivity contribution in [2.24, 2.45) is 0 Å². The summed E-state index contributed by atoms with van der Waals surface area (Å²) in [5.41, 5.74) is 2.77. The summed E-state index contributed by atoms with van der Waals surface area (Å²) in [5.74, 6) is -2.10. The molecular weight excluding hydrogens is 512 g/mol. The Bertz CT molecular complexity index is 1240. The first kappa shape index (κ1) is 30.9. The molecule has 0 saturated carbocycles. The predicted molar refractivity (Wildman–Crippen MR) is 153 cm³/mol. The van der Waals surface area contributed by atoms with Gasteiger partial charge in [-0.2, -0.15) is 0 Å². The SMILES string of the molecule is CCCN(CCC)C(=O)c1cc(C)cc(C(=O)N[C@@H](Cc2cc(F)cc(F)c2)[C@@H](O)CNCc2ccccc2)c1. The average Bonchev–Trinajstić information content (AvgIpc) is 2.91. The number of rotatable bonds is 14. The number of hydrogen-bond donors (Lipinski definition) is 3. The Hall–Kier alpha value is -3.62. The smallest absolute Gasteiger partial charge is 0.253 e. The maximum atomic E-state index is 13.9. The van der Waals surface area contributed by atoms with Gasteiger partial charge >= 0.3 is 0 Å². The Morgan fingerprint density at radius 3 is 2.12 bits per heavy atom. The zero-order chi connectivity index (χ0) is 29.1. The summed E-state index contributed by atoms with van der Waals surface area (Å²) >= 11 is 0. The van der Waals surface area contributed by atoms with E-state index in [-0.39, 0.29) is 24.4 Å². The minimum Gasteiger partial charge on any atom is -0.390 e.